The fourth-order valence-corrected chi connectivity index (χ4v) is 4.76. The second-order valence-electron chi connectivity index (χ2n) is 7.93. The molecule has 3 atom stereocenters. The van der Waals surface area contributed by atoms with Crippen LogP contribution in [0.4, 0.5) is 4.39 Å². The molecule has 2 aliphatic rings. The number of aromatic nitrogens is 2. The molecule has 1 aromatic heterocycles. The molecule has 0 saturated carbocycles. The highest BCUT2D eigenvalue weighted by Gasteiger charge is 2.41. The van der Waals surface area contributed by atoms with Gasteiger partial charge in [-0.1, -0.05) is 13.0 Å². The van der Waals surface area contributed by atoms with E-state index in [1.54, 1.807) is 12.1 Å². The molecular weight excluding hydrogens is 329 g/mol. The fraction of sp³-hybridized carbons (Fsp3) is 0.571. The molecular formula is C21H28FN3O. The van der Waals surface area contributed by atoms with Crippen molar-refractivity contribution in [3.05, 3.63) is 42.9 Å². The number of nitrogens with zero attached hydrogens (tertiary/aromatic N) is 3. The Balaban J connectivity index is 1.38. The number of rotatable bonds is 7. The van der Waals surface area contributed by atoms with Gasteiger partial charge >= 0.3 is 0 Å². The molecule has 5 heteroatoms. The van der Waals surface area contributed by atoms with Gasteiger partial charge in [0.25, 0.3) is 0 Å². The van der Waals surface area contributed by atoms with Gasteiger partial charge in [-0.25, -0.2) is 4.39 Å². The van der Waals surface area contributed by atoms with Crippen LogP contribution in [0.15, 0.2) is 37.1 Å². The first-order valence-electron chi connectivity index (χ1n) is 9.73. The van der Waals surface area contributed by atoms with Crippen molar-refractivity contribution in [3.63, 3.8) is 0 Å². The Morgan fingerprint density at radius 3 is 2.81 bits per heavy atom. The Bertz CT molecular complexity index is 760. The number of ether oxygens (including phenoxy) is 1. The van der Waals surface area contributed by atoms with Crippen LogP contribution in [0.5, 0.6) is 0 Å². The summed E-state index contributed by atoms with van der Waals surface area (Å²) >= 11 is 0. The van der Waals surface area contributed by atoms with Crippen molar-refractivity contribution in [3.8, 4) is 0 Å². The van der Waals surface area contributed by atoms with Crippen LogP contribution in [0.25, 0.3) is 10.9 Å². The average Bonchev–Trinajstić information content (AvgIpc) is 3.10. The lowest BCUT2D eigenvalue weighted by Crippen LogP contribution is -2.47. The van der Waals surface area contributed by atoms with Gasteiger partial charge in [-0.3, -0.25) is 9.58 Å². The summed E-state index contributed by atoms with van der Waals surface area (Å²) in [4.78, 5) is 2.69. The minimum atomic E-state index is -0.202. The van der Waals surface area contributed by atoms with Gasteiger partial charge in [0.1, 0.15) is 5.82 Å². The predicted octanol–water partition coefficient (Wildman–Crippen LogP) is 4.01. The maximum absolute atomic E-state index is 13.6. The van der Waals surface area contributed by atoms with Crippen LogP contribution in [0.3, 0.4) is 0 Å². The van der Waals surface area contributed by atoms with Crippen molar-refractivity contribution in [2.45, 2.75) is 57.3 Å². The first-order valence-corrected chi connectivity index (χ1v) is 9.73. The highest BCUT2D eigenvalue weighted by atomic mass is 19.1. The standard InChI is InChI=1S/C21H28FN3O/c1-3-8-26-20-10-18-6-7-19(11-20)24(18)13-15(2)14-25-21-9-17(22)5-4-16(21)12-23-25/h3-5,9,12,15,18-20H,1,6-8,10-11,13-14H2,2H3. The smallest absolute Gasteiger partial charge is 0.125 e. The molecule has 0 N–H and O–H groups in total. The zero-order chi connectivity index (χ0) is 18.1. The van der Waals surface area contributed by atoms with Crippen molar-refractivity contribution >= 4 is 10.9 Å². The minimum absolute atomic E-state index is 0.202. The Morgan fingerprint density at radius 1 is 1.31 bits per heavy atom. The summed E-state index contributed by atoms with van der Waals surface area (Å²) in [5, 5.41) is 5.47. The average molecular weight is 357 g/mol. The Morgan fingerprint density at radius 2 is 2.08 bits per heavy atom. The summed E-state index contributed by atoms with van der Waals surface area (Å²) in [6, 6.07) is 6.15. The molecule has 3 heterocycles. The molecule has 2 bridgehead atoms. The van der Waals surface area contributed by atoms with Gasteiger partial charge in [0.15, 0.2) is 0 Å². The van der Waals surface area contributed by atoms with Gasteiger partial charge in [-0.2, -0.15) is 5.10 Å². The summed E-state index contributed by atoms with van der Waals surface area (Å²) in [7, 11) is 0. The van der Waals surface area contributed by atoms with E-state index in [-0.39, 0.29) is 5.82 Å². The van der Waals surface area contributed by atoms with Crippen molar-refractivity contribution in [2.24, 2.45) is 5.92 Å². The van der Waals surface area contributed by atoms with Crippen LogP contribution >= 0.6 is 0 Å². The molecule has 2 aliphatic heterocycles. The van der Waals surface area contributed by atoms with Crippen molar-refractivity contribution < 1.29 is 9.13 Å². The largest absolute Gasteiger partial charge is 0.374 e. The molecule has 0 spiro atoms. The molecule has 0 amide bonds. The predicted molar refractivity (Wildman–Crippen MR) is 102 cm³/mol. The van der Waals surface area contributed by atoms with Crippen molar-refractivity contribution in [1.29, 1.82) is 0 Å². The molecule has 4 nitrogen and oxygen atoms in total. The van der Waals surface area contributed by atoms with Crippen LogP contribution in [0.2, 0.25) is 0 Å². The molecule has 2 saturated heterocycles. The maximum Gasteiger partial charge on any atom is 0.125 e. The minimum Gasteiger partial charge on any atom is -0.374 e. The Labute approximate surface area is 154 Å². The van der Waals surface area contributed by atoms with Gasteiger partial charge in [0, 0.05) is 30.6 Å². The second-order valence-corrected chi connectivity index (χ2v) is 7.93. The monoisotopic (exact) mass is 357 g/mol. The van der Waals surface area contributed by atoms with Gasteiger partial charge < -0.3 is 4.74 Å². The van der Waals surface area contributed by atoms with E-state index in [1.807, 2.05) is 17.0 Å². The van der Waals surface area contributed by atoms with E-state index in [0.717, 1.165) is 36.8 Å². The topological polar surface area (TPSA) is 30.3 Å². The number of halogens is 1. The van der Waals surface area contributed by atoms with Gasteiger partial charge in [0.2, 0.25) is 0 Å². The number of piperidine rings is 1. The van der Waals surface area contributed by atoms with E-state index in [2.05, 4.69) is 23.5 Å². The SMILES string of the molecule is C=CCOC1CC2CCC(C1)N2CC(C)Cn1ncc2ccc(F)cc21. The fourth-order valence-electron chi connectivity index (χ4n) is 4.76. The third kappa shape index (κ3) is 3.55. The third-order valence-electron chi connectivity index (χ3n) is 5.90. The number of fused-ring (bicyclic) bond motifs is 3. The van der Waals surface area contributed by atoms with E-state index < -0.39 is 0 Å². The summed E-state index contributed by atoms with van der Waals surface area (Å²) in [5.74, 6) is 0.265. The highest BCUT2D eigenvalue weighted by Crippen LogP contribution is 2.37. The van der Waals surface area contributed by atoms with Gasteiger partial charge in [-0.15, -0.1) is 6.58 Å². The molecule has 3 unspecified atom stereocenters. The Hall–Kier alpha value is -1.72. The van der Waals surface area contributed by atoms with E-state index in [9.17, 15) is 4.39 Å². The quantitative estimate of drug-likeness (QED) is 0.702. The Kier molecular flexibility index (Phi) is 5.09. The zero-order valence-electron chi connectivity index (χ0n) is 15.5. The number of benzene rings is 1. The van der Waals surface area contributed by atoms with Crippen molar-refractivity contribution in [1.82, 2.24) is 14.7 Å². The second kappa shape index (κ2) is 7.49. The van der Waals surface area contributed by atoms with Gasteiger partial charge in [-0.05, 0) is 49.8 Å². The lowest BCUT2D eigenvalue weighted by Gasteiger charge is -2.40. The molecule has 4 rings (SSSR count). The van der Waals surface area contributed by atoms with Crippen LogP contribution in [-0.2, 0) is 11.3 Å². The van der Waals surface area contributed by atoms with E-state index >= 15 is 0 Å². The molecule has 2 fully saturated rings. The summed E-state index contributed by atoms with van der Waals surface area (Å²) in [6.45, 7) is 8.56. The lowest BCUT2D eigenvalue weighted by molar-refractivity contribution is -0.0134. The highest BCUT2D eigenvalue weighted by molar-refractivity contribution is 5.78. The third-order valence-corrected chi connectivity index (χ3v) is 5.90. The first-order chi connectivity index (χ1) is 12.6. The number of hydrogen-bond acceptors (Lipinski definition) is 3. The molecule has 0 radical (unpaired) electrons. The van der Waals surface area contributed by atoms with Crippen LogP contribution in [0.1, 0.15) is 32.6 Å². The van der Waals surface area contributed by atoms with Crippen LogP contribution < -0.4 is 0 Å². The normalized spacial score (nSPS) is 27.1. The van der Waals surface area contributed by atoms with E-state index in [1.165, 1.54) is 18.9 Å². The van der Waals surface area contributed by atoms with Crippen LogP contribution in [0, 0.1) is 11.7 Å². The van der Waals surface area contributed by atoms with E-state index in [4.69, 9.17) is 4.74 Å². The zero-order valence-corrected chi connectivity index (χ0v) is 15.5. The van der Waals surface area contributed by atoms with Gasteiger partial charge in [0.05, 0.1) is 24.4 Å². The summed E-state index contributed by atoms with van der Waals surface area (Å²) in [6.07, 6.45) is 8.87. The van der Waals surface area contributed by atoms with E-state index in [0.29, 0.717) is 30.7 Å². The molecule has 2 aromatic rings. The van der Waals surface area contributed by atoms with Crippen LogP contribution in [-0.4, -0.2) is 46.0 Å². The van der Waals surface area contributed by atoms with Crippen molar-refractivity contribution in [2.75, 3.05) is 13.2 Å². The summed E-state index contributed by atoms with van der Waals surface area (Å²) < 4.78 is 21.4. The molecule has 140 valence electrons. The lowest BCUT2D eigenvalue weighted by atomic mass is 9.98. The maximum atomic E-state index is 13.6. The molecule has 26 heavy (non-hydrogen) atoms. The number of hydrogen-bond donors (Lipinski definition) is 0. The first kappa shape index (κ1) is 17.7. The summed E-state index contributed by atoms with van der Waals surface area (Å²) in [5.41, 5.74) is 0.886. The molecule has 1 aromatic carbocycles. The molecule has 0 aliphatic carbocycles.